The summed E-state index contributed by atoms with van der Waals surface area (Å²) in [6.45, 7) is 7.64. The quantitative estimate of drug-likeness (QED) is 0.825. The van der Waals surface area contributed by atoms with Crippen molar-refractivity contribution in [2.45, 2.75) is 52.1 Å². The molecule has 1 atom stereocenters. The van der Waals surface area contributed by atoms with Gasteiger partial charge in [0, 0.05) is 12.6 Å². The van der Waals surface area contributed by atoms with Crippen molar-refractivity contribution in [1.29, 1.82) is 0 Å². The van der Waals surface area contributed by atoms with Gasteiger partial charge in [-0.3, -0.25) is 4.79 Å². The zero-order valence-corrected chi connectivity index (χ0v) is 15.8. The highest BCUT2D eigenvalue weighted by Crippen LogP contribution is 2.19. The van der Waals surface area contributed by atoms with E-state index in [1.54, 1.807) is 0 Å². The number of rotatable bonds is 5. The van der Waals surface area contributed by atoms with Crippen LogP contribution in [-0.2, 0) is 11.2 Å². The van der Waals surface area contributed by atoms with E-state index in [1.807, 2.05) is 24.0 Å². The van der Waals surface area contributed by atoms with Crippen molar-refractivity contribution >= 4 is 5.91 Å². The maximum absolute atomic E-state index is 12.7. The van der Waals surface area contributed by atoms with Gasteiger partial charge in [0.25, 0.3) is 0 Å². The number of carbonyl (C=O) groups is 1. The highest BCUT2D eigenvalue weighted by Gasteiger charge is 2.25. The molecule has 138 valence electrons. The van der Waals surface area contributed by atoms with Crippen molar-refractivity contribution in [3.63, 3.8) is 0 Å². The number of aromatic nitrogens is 2. The van der Waals surface area contributed by atoms with Crippen LogP contribution in [0.2, 0.25) is 0 Å². The lowest BCUT2D eigenvalue weighted by Gasteiger charge is -2.32. The third-order valence-electron chi connectivity index (χ3n) is 4.79. The van der Waals surface area contributed by atoms with Crippen molar-refractivity contribution in [3.05, 3.63) is 53.2 Å². The minimum absolute atomic E-state index is 0.0203. The van der Waals surface area contributed by atoms with Gasteiger partial charge in [0.15, 0.2) is 0 Å². The number of nitrogens with zero attached hydrogens (tertiary/aromatic N) is 3. The summed E-state index contributed by atoms with van der Waals surface area (Å²) in [6.07, 6.45) is 2.30. The van der Waals surface area contributed by atoms with E-state index in [4.69, 9.17) is 4.74 Å². The molecule has 5 nitrogen and oxygen atoms in total. The van der Waals surface area contributed by atoms with E-state index >= 15 is 0 Å². The van der Waals surface area contributed by atoms with E-state index < -0.39 is 0 Å². The second kappa shape index (κ2) is 8.30. The molecule has 2 heterocycles. The van der Waals surface area contributed by atoms with Crippen LogP contribution >= 0.6 is 0 Å². The molecule has 0 bridgehead atoms. The molecule has 1 saturated heterocycles. The van der Waals surface area contributed by atoms with Gasteiger partial charge in [-0.05, 0) is 42.9 Å². The zero-order valence-electron chi connectivity index (χ0n) is 15.8. The van der Waals surface area contributed by atoms with Crippen LogP contribution in [0.4, 0.5) is 0 Å². The fourth-order valence-corrected chi connectivity index (χ4v) is 3.19. The smallest absolute Gasteiger partial charge is 0.233 e. The molecule has 1 aliphatic rings. The molecule has 1 aliphatic heterocycles. The first-order valence-corrected chi connectivity index (χ1v) is 9.35. The predicted molar refractivity (Wildman–Crippen MR) is 101 cm³/mol. The zero-order chi connectivity index (χ0) is 18.5. The Morgan fingerprint density at radius 1 is 1.19 bits per heavy atom. The van der Waals surface area contributed by atoms with Crippen LogP contribution in [0.5, 0.6) is 5.88 Å². The molecule has 2 aromatic rings. The van der Waals surface area contributed by atoms with E-state index in [9.17, 15) is 4.79 Å². The molecular formula is C21H27N3O2. The van der Waals surface area contributed by atoms with Gasteiger partial charge >= 0.3 is 0 Å². The van der Waals surface area contributed by atoms with Gasteiger partial charge in [0.1, 0.15) is 6.10 Å². The van der Waals surface area contributed by atoms with Crippen molar-refractivity contribution < 1.29 is 9.53 Å². The van der Waals surface area contributed by atoms with Crippen molar-refractivity contribution in [2.24, 2.45) is 0 Å². The van der Waals surface area contributed by atoms with E-state index in [0.29, 0.717) is 24.8 Å². The lowest BCUT2D eigenvalue weighted by Crippen LogP contribution is -2.45. The van der Waals surface area contributed by atoms with Crippen LogP contribution in [-0.4, -0.2) is 40.2 Å². The number of likely N-dealkylation sites (tertiary alicyclic amines) is 1. The van der Waals surface area contributed by atoms with Gasteiger partial charge in [0.05, 0.1) is 18.7 Å². The van der Waals surface area contributed by atoms with Crippen LogP contribution in [0.15, 0.2) is 36.4 Å². The Balaban J connectivity index is 1.56. The molecular weight excluding hydrogens is 326 g/mol. The Morgan fingerprint density at radius 3 is 2.62 bits per heavy atom. The lowest BCUT2D eigenvalue weighted by molar-refractivity contribution is -0.133. The van der Waals surface area contributed by atoms with Crippen LogP contribution in [0.1, 0.15) is 49.4 Å². The third kappa shape index (κ3) is 4.81. The highest BCUT2D eigenvalue weighted by atomic mass is 16.5. The van der Waals surface area contributed by atoms with Crippen LogP contribution in [0.3, 0.4) is 0 Å². The number of piperidine rings is 1. The minimum atomic E-state index is -0.0203. The standard InChI is InChI=1S/C21H27N3O2/c1-15(2)18-9-7-17(8-10-18)13-21(25)24-12-4-5-19(14-24)26-20-11-6-16(3)22-23-20/h6-11,15,19H,4-5,12-14H2,1-3H3. The fraction of sp³-hybridized carbons (Fsp3) is 0.476. The van der Waals surface area contributed by atoms with E-state index in [-0.39, 0.29) is 12.0 Å². The summed E-state index contributed by atoms with van der Waals surface area (Å²) in [5.41, 5.74) is 3.22. The number of amides is 1. The van der Waals surface area contributed by atoms with Gasteiger partial charge in [-0.2, -0.15) is 5.10 Å². The van der Waals surface area contributed by atoms with Crippen LogP contribution in [0, 0.1) is 6.92 Å². The average molecular weight is 353 g/mol. The summed E-state index contributed by atoms with van der Waals surface area (Å²) in [5, 5.41) is 8.08. The molecule has 1 aromatic heterocycles. The monoisotopic (exact) mass is 353 g/mol. The Hall–Kier alpha value is -2.43. The summed E-state index contributed by atoms with van der Waals surface area (Å²) in [4.78, 5) is 14.6. The minimum Gasteiger partial charge on any atom is -0.471 e. The summed E-state index contributed by atoms with van der Waals surface area (Å²) < 4.78 is 5.92. The van der Waals surface area contributed by atoms with Crippen molar-refractivity contribution in [3.8, 4) is 5.88 Å². The fourth-order valence-electron chi connectivity index (χ4n) is 3.19. The first kappa shape index (κ1) is 18.4. The second-order valence-corrected chi connectivity index (χ2v) is 7.31. The molecule has 0 aliphatic carbocycles. The Morgan fingerprint density at radius 2 is 1.96 bits per heavy atom. The summed E-state index contributed by atoms with van der Waals surface area (Å²) in [7, 11) is 0. The van der Waals surface area contributed by atoms with Gasteiger partial charge in [-0.25, -0.2) is 0 Å². The van der Waals surface area contributed by atoms with E-state index in [1.165, 1.54) is 5.56 Å². The lowest BCUT2D eigenvalue weighted by atomic mass is 10.0. The third-order valence-corrected chi connectivity index (χ3v) is 4.79. The Bertz CT molecular complexity index is 726. The number of hydrogen-bond donors (Lipinski definition) is 0. The van der Waals surface area contributed by atoms with Crippen LogP contribution in [0.25, 0.3) is 0 Å². The Labute approximate surface area is 155 Å². The van der Waals surface area contributed by atoms with Gasteiger partial charge in [0.2, 0.25) is 11.8 Å². The first-order valence-electron chi connectivity index (χ1n) is 9.35. The van der Waals surface area contributed by atoms with Gasteiger partial charge < -0.3 is 9.64 Å². The van der Waals surface area contributed by atoms with E-state index in [0.717, 1.165) is 30.6 Å². The number of carbonyl (C=O) groups excluding carboxylic acids is 1. The molecule has 26 heavy (non-hydrogen) atoms. The molecule has 1 aromatic carbocycles. The molecule has 1 fully saturated rings. The summed E-state index contributed by atoms with van der Waals surface area (Å²) in [6, 6.07) is 12.1. The molecule has 5 heteroatoms. The topological polar surface area (TPSA) is 55.3 Å². The van der Waals surface area contributed by atoms with Crippen LogP contribution < -0.4 is 4.74 Å². The molecule has 0 saturated carbocycles. The highest BCUT2D eigenvalue weighted by molar-refractivity contribution is 5.79. The molecule has 1 unspecified atom stereocenters. The summed E-state index contributed by atoms with van der Waals surface area (Å²) >= 11 is 0. The van der Waals surface area contributed by atoms with Gasteiger partial charge in [-0.1, -0.05) is 38.1 Å². The van der Waals surface area contributed by atoms with E-state index in [2.05, 4.69) is 48.3 Å². The second-order valence-electron chi connectivity index (χ2n) is 7.31. The predicted octanol–water partition coefficient (Wildman–Crippen LogP) is 3.52. The number of hydrogen-bond acceptors (Lipinski definition) is 4. The summed E-state index contributed by atoms with van der Waals surface area (Å²) in [5.74, 6) is 1.19. The normalized spacial score (nSPS) is 17.4. The number of benzene rings is 1. The number of aryl methyl sites for hydroxylation is 1. The Kier molecular flexibility index (Phi) is 5.86. The first-order chi connectivity index (χ1) is 12.5. The molecule has 1 amide bonds. The maximum atomic E-state index is 12.7. The van der Waals surface area contributed by atoms with Crippen molar-refractivity contribution in [2.75, 3.05) is 13.1 Å². The molecule has 0 N–H and O–H groups in total. The molecule has 0 spiro atoms. The maximum Gasteiger partial charge on any atom is 0.233 e. The SMILES string of the molecule is Cc1ccc(OC2CCCN(C(=O)Cc3ccc(C(C)C)cc3)C2)nn1. The van der Waals surface area contributed by atoms with Gasteiger partial charge in [-0.15, -0.1) is 5.10 Å². The average Bonchev–Trinajstić information content (AvgIpc) is 2.64. The number of ether oxygens (including phenoxy) is 1. The molecule has 0 radical (unpaired) electrons. The van der Waals surface area contributed by atoms with Crippen molar-refractivity contribution in [1.82, 2.24) is 15.1 Å². The molecule has 3 rings (SSSR count). The largest absolute Gasteiger partial charge is 0.471 e.